The lowest BCUT2D eigenvalue weighted by Gasteiger charge is -2.46. The summed E-state index contributed by atoms with van der Waals surface area (Å²) in [5, 5.41) is 0. The molecule has 0 saturated heterocycles. The van der Waals surface area contributed by atoms with Gasteiger partial charge in [-0.1, -0.05) is 59.7 Å². The second kappa shape index (κ2) is 5.46. The lowest BCUT2D eigenvalue weighted by molar-refractivity contribution is -0.765. The SMILES string of the molecule is CCC1(C)c2ccccc2-c2cc3c(c[n+]2C1(C)CC)C(C)(C)CC3(C)C. The van der Waals surface area contributed by atoms with E-state index >= 15 is 0 Å². The minimum atomic E-state index is 0.0727. The van der Waals surface area contributed by atoms with Crippen molar-refractivity contribution in [2.24, 2.45) is 0 Å². The van der Waals surface area contributed by atoms with Crippen molar-refractivity contribution in [3.05, 3.63) is 53.2 Å². The lowest BCUT2D eigenvalue weighted by atomic mass is 9.60. The second-order valence-corrected chi connectivity index (χ2v) is 10.7. The third kappa shape index (κ3) is 2.20. The summed E-state index contributed by atoms with van der Waals surface area (Å²) in [6.45, 7) is 19.4. The molecule has 2 aliphatic rings. The van der Waals surface area contributed by atoms with Crippen LogP contribution >= 0.6 is 0 Å². The Hall–Kier alpha value is -1.63. The normalized spacial score (nSPS) is 29.8. The highest BCUT2D eigenvalue weighted by Crippen LogP contribution is 2.53. The zero-order valence-corrected chi connectivity index (χ0v) is 18.5. The van der Waals surface area contributed by atoms with Gasteiger partial charge in [0.15, 0.2) is 11.7 Å². The molecular weight excluding hydrogens is 326 g/mol. The Bertz CT molecular complexity index is 920. The second-order valence-electron chi connectivity index (χ2n) is 10.7. The zero-order chi connectivity index (χ0) is 19.8. The average Bonchev–Trinajstić information content (AvgIpc) is 2.82. The number of rotatable bonds is 2. The molecule has 144 valence electrons. The van der Waals surface area contributed by atoms with Gasteiger partial charge in [-0.3, -0.25) is 0 Å². The number of pyridine rings is 1. The molecule has 0 saturated carbocycles. The van der Waals surface area contributed by atoms with Crippen LogP contribution in [0.1, 0.15) is 91.3 Å². The summed E-state index contributed by atoms with van der Waals surface area (Å²) in [4.78, 5) is 0. The molecule has 2 atom stereocenters. The van der Waals surface area contributed by atoms with Gasteiger partial charge in [-0.25, -0.2) is 0 Å². The van der Waals surface area contributed by atoms with Crippen LogP contribution < -0.4 is 4.57 Å². The van der Waals surface area contributed by atoms with Gasteiger partial charge in [-0.15, -0.1) is 0 Å². The first-order valence-corrected chi connectivity index (χ1v) is 10.7. The van der Waals surface area contributed by atoms with Crippen molar-refractivity contribution in [3.8, 4) is 11.3 Å². The molecule has 0 N–H and O–H groups in total. The maximum absolute atomic E-state index is 2.65. The lowest BCUT2D eigenvalue weighted by Crippen LogP contribution is -2.67. The van der Waals surface area contributed by atoms with Crippen LogP contribution in [-0.4, -0.2) is 0 Å². The van der Waals surface area contributed by atoms with Crippen LogP contribution in [0.15, 0.2) is 36.5 Å². The Kier molecular flexibility index (Phi) is 3.79. The van der Waals surface area contributed by atoms with E-state index in [9.17, 15) is 0 Å². The molecule has 27 heavy (non-hydrogen) atoms. The number of benzene rings is 1. The van der Waals surface area contributed by atoms with E-state index in [4.69, 9.17) is 0 Å². The van der Waals surface area contributed by atoms with Crippen molar-refractivity contribution in [2.45, 2.75) is 96.4 Å². The van der Waals surface area contributed by atoms with Crippen LogP contribution in [0.4, 0.5) is 0 Å². The van der Waals surface area contributed by atoms with Gasteiger partial charge in [0.2, 0.25) is 5.69 Å². The molecule has 1 aliphatic carbocycles. The highest BCUT2D eigenvalue weighted by atomic mass is 15.1. The Morgan fingerprint density at radius 3 is 2.07 bits per heavy atom. The van der Waals surface area contributed by atoms with Crippen molar-refractivity contribution in [3.63, 3.8) is 0 Å². The minimum Gasteiger partial charge on any atom is -0.192 e. The van der Waals surface area contributed by atoms with Gasteiger partial charge in [-0.05, 0) is 47.8 Å². The molecule has 1 heteroatoms. The van der Waals surface area contributed by atoms with Crippen LogP contribution in [0.5, 0.6) is 0 Å². The van der Waals surface area contributed by atoms with E-state index in [0.717, 1.165) is 12.8 Å². The first kappa shape index (κ1) is 18.7. The van der Waals surface area contributed by atoms with Crippen molar-refractivity contribution >= 4 is 0 Å². The van der Waals surface area contributed by atoms with E-state index in [2.05, 4.69) is 96.5 Å². The summed E-state index contributed by atoms with van der Waals surface area (Å²) < 4.78 is 2.65. The fourth-order valence-corrected chi connectivity index (χ4v) is 6.44. The Labute approximate surface area is 165 Å². The molecule has 0 amide bonds. The number of hydrogen-bond donors (Lipinski definition) is 0. The Morgan fingerprint density at radius 1 is 0.815 bits per heavy atom. The van der Waals surface area contributed by atoms with Gasteiger partial charge in [0.1, 0.15) is 0 Å². The fourth-order valence-electron chi connectivity index (χ4n) is 6.44. The number of fused-ring (bicyclic) bond motifs is 4. The van der Waals surface area contributed by atoms with Crippen LogP contribution in [-0.2, 0) is 21.8 Å². The van der Waals surface area contributed by atoms with Gasteiger partial charge in [0.25, 0.3) is 0 Å². The topological polar surface area (TPSA) is 3.88 Å². The highest BCUT2D eigenvalue weighted by molar-refractivity contribution is 5.67. The molecule has 1 aliphatic heterocycles. The average molecular weight is 363 g/mol. The van der Waals surface area contributed by atoms with Crippen molar-refractivity contribution in [1.29, 1.82) is 0 Å². The highest BCUT2D eigenvalue weighted by Gasteiger charge is 2.57. The summed E-state index contributed by atoms with van der Waals surface area (Å²) in [6.07, 6.45) is 6.03. The predicted molar refractivity (Wildman–Crippen MR) is 114 cm³/mol. The molecule has 1 aromatic carbocycles. The molecule has 2 aromatic rings. The molecule has 4 rings (SSSR count). The zero-order valence-electron chi connectivity index (χ0n) is 18.5. The maximum Gasteiger partial charge on any atom is 0.213 e. The Morgan fingerprint density at radius 2 is 1.44 bits per heavy atom. The van der Waals surface area contributed by atoms with Crippen LogP contribution in [0.25, 0.3) is 11.3 Å². The van der Waals surface area contributed by atoms with Gasteiger partial charge in [0.05, 0.1) is 11.0 Å². The predicted octanol–water partition coefficient (Wildman–Crippen LogP) is 6.41. The maximum atomic E-state index is 2.65. The van der Waals surface area contributed by atoms with E-state index in [-0.39, 0.29) is 21.8 Å². The van der Waals surface area contributed by atoms with Gasteiger partial charge in [0, 0.05) is 25.0 Å². The van der Waals surface area contributed by atoms with Crippen LogP contribution in [0.2, 0.25) is 0 Å². The van der Waals surface area contributed by atoms with E-state index in [1.54, 1.807) is 11.1 Å². The monoisotopic (exact) mass is 362 g/mol. The summed E-state index contributed by atoms with van der Waals surface area (Å²) in [7, 11) is 0. The number of aromatic nitrogens is 1. The van der Waals surface area contributed by atoms with Gasteiger partial charge >= 0.3 is 0 Å². The van der Waals surface area contributed by atoms with E-state index in [1.807, 2.05) is 0 Å². The quantitative estimate of drug-likeness (QED) is 0.544. The first-order chi connectivity index (χ1) is 12.5. The summed E-state index contributed by atoms with van der Waals surface area (Å²) in [6, 6.07) is 11.7. The smallest absolute Gasteiger partial charge is 0.192 e. The Balaban J connectivity index is 2.13. The molecule has 2 heterocycles. The third-order valence-electron chi connectivity index (χ3n) is 8.34. The van der Waals surface area contributed by atoms with Crippen molar-refractivity contribution in [2.75, 3.05) is 0 Å². The van der Waals surface area contributed by atoms with Crippen LogP contribution in [0, 0.1) is 0 Å². The van der Waals surface area contributed by atoms with Gasteiger partial charge in [-0.2, -0.15) is 4.57 Å². The third-order valence-corrected chi connectivity index (χ3v) is 8.34. The minimum absolute atomic E-state index is 0.0727. The van der Waals surface area contributed by atoms with Crippen molar-refractivity contribution in [1.82, 2.24) is 0 Å². The van der Waals surface area contributed by atoms with Crippen LogP contribution in [0.3, 0.4) is 0 Å². The fraction of sp³-hybridized carbons (Fsp3) is 0.577. The first-order valence-electron chi connectivity index (χ1n) is 10.7. The molecule has 0 spiro atoms. The summed E-state index contributed by atoms with van der Waals surface area (Å²) in [5.41, 5.74) is 8.12. The molecule has 0 bridgehead atoms. The molecular formula is C26H36N+. The largest absolute Gasteiger partial charge is 0.213 e. The molecule has 0 fully saturated rings. The molecule has 2 unspecified atom stereocenters. The number of hydrogen-bond acceptors (Lipinski definition) is 0. The van der Waals surface area contributed by atoms with E-state index in [0.29, 0.717) is 0 Å². The standard InChI is InChI=1S/C26H36N/c1-9-25(7)19-14-12-11-13-18(19)22-15-20-21(16-27(22)26(25,8)10-2)24(5,6)17-23(20,3)4/h11-16H,9-10,17H2,1-8H3/q+1. The van der Waals surface area contributed by atoms with E-state index in [1.165, 1.54) is 23.2 Å². The van der Waals surface area contributed by atoms with Crippen molar-refractivity contribution < 1.29 is 4.57 Å². The molecule has 1 nitrogen and oxygen atoms in total. The number of nitrogens with zero attached hydrogens (tertiary/aromatic N) is 1. The molecule has 1 aromatic heterocycles. The summed E-state index contributed by atoms with van der Waals surface area (Å²) >= 11 is 0. The summed E-state index contributed by atoms with van der Waals surface area (Å²) in [5.74, 6) is 0. The van der Waals surface area contributed by atoms with Gasteiger partial charge < -0.3 is 0 Å². The molecule has 0 radical (unpaired) electrons. The van der Waals surface area contributed by atoms with E-state index < -0.39 is 0 Å².